The standard InChI is InChI=1S/C26H36O2/c1-19(10-12-23-20(2)9-7-15-25(23,3)4)8-6-16-26(5)17-14-21-18-22(27)11-13-24(21)28-26/h8-9,11,13-14,17-18,23,27H,6-7,10,12,15-16H2,1-5H3/b19-8+/t23?,26-/m0/s1. The molecule has 0 fully saturated rings. The molecule has 1 unspecified atom stereocenters. The fourth-order valence-electron chi connectivity index (χ4n) is 4.75. The first kappa shape index (κ1) is 20.8. The molecule has 1 aromatic rings. The summed E-state index contributed by atoms with van der Waals surface area (Å²) in [5.41, 5.74) is 4.16. The van der Waals surface area contributed by atoms with Crippen LogP contribution in [0.15, 0.2) is 47.6 Å². The summed E-state index contributed by atoms with van der Waals surface area (Å²) in [5.74, 6) is 1.84. The Morgan fingerprint density at radius 3 is 2.82 bits per heavy atom. The molecule has 1 aliphatic carbocycles. The van der Waals surface area contributed by atoms with Gasteiger partial charge in [0.1, 0.15) is 17.1 Å². The summed E-state index contributed by atoms with van der Waals surface area (Å²) in [5, 5.41) is 9.61. The maximum atomic E-state index is 9.61. The molecule has 1 aliphatic heterocycles. The number of rotatable bonds is 6. The first-order valence-corrected chi connectivity index (χ1v) is 10.7. The molecule has 2 nitrogen and oxygen atoms in total. The summed E-state index contributed by atoms with van der Waals surface area (Å²) in [7, 11) is 0. The minimum absolute atomic E-state index is 0.278. The van der Waals surface area contributed by atoms with Crippen molar-refractivity contribution < 1.29 is 9.84 Å². The van der Waals surface area contributed by atoms with Gasteiger partial charge in [-0.1, -0.05) is 43.2 Å². The molecule has 1 aromatic carbocycles. The second-order valence-electron chi connectivity index (χ2n) is 9.63. The van der Waals surface area contributed by atoms with E-state index in [2.05, 4.69) is 58.9 Å². The summed E-state index contributed by atoms with van der Waals surface area (Å²) in [6, 6.07) is 5.29. The highest BCUT2D eigenvalue weighted by atomic mass is 16.5. The van der Waals surface area contributed by atoms with Gasteiger partial charge in [-0.05, 0) is 94.9 Å². The third kappa shape index (κ3) is 4.90. The number of allylic oxidation sites excluding steroid dienone is 4. The van der Waals surface area contributed by atoms with Crippen LogP contribution in [0.1, 0.15) is 78.7 Å². The Hall–Kier alpha value is -1.96. The molecule has 2 atom stereocenters. The van der Waals surface area contributed by atoms with Gasteiger partial charge in [0.05, 0.1) is 0 Å². The van der Waals surface area contributed by atoms with Crippen molar-refractivity contribution in [2.75, 3.05) is 0 Å². The molecule has 0 amide bonds. The van der Waals surface area contributed by atoms with Gasteiger partial charge in [0.15, 0.2) is 0 Å². The van der Waals surface area contributed by atoms with Crippen LogP contribution >= 0.6 is 0 Å². The van der Waals surface area contributed by atoms with Crippen LogP contribution in [-0.4, -0.2) is 10.7 Å². The van der Waals surface area contributed by atoms with E-state index >= 15 is 0 Å². The number of ether oxygens (including phenoxy) is 1. The molecule has 2 heteroatoms. The summed E-state index contributed by atoms with van der Waals surface area (Å²) in [6.45, 7) is 11.6. The first-order chi connectivity index (χ1) is 13.2. The van der Waals surface area contributed by atoms with Gasteiger partial charge in [-0.3, -0.25) is 0 Å². The molecule has 0 radical (unpaired) electrons. The quantitative estimate of drug-likeness (QED) is 0.519. The van der Waals surface area contributed by atoms with Gasteiger partial charge in [-0.2, -0.15) is 0 Å². The zero-order chi connectivity index (χ0) is 20.4. The zero-order valence-corrected chi connectivity index (χ0v) is 18.2. The van der Waals surface area contributed by atoms with Crippen LogP contribution in [-0.2, 0) is 0 Å². The van der Waals surface area contributed by atoms with E-state index in [1.165, 1.54) is 31.3 Å². The average molecular weight is 381 g/mol. The molecule has 0 aromatic heterocycles. The molecular formula is C26H36O2. The maximum absolute atomic E-state index is 9.61. The molecule has 0 saturated heterocycles. The fourth-order valence-corrected chi connectivity index (χ4v) is 4.75. The van der Waals surface area contributed by atoms with Crippen molar-refractivity contribution in [3.63, 3.8) is 0 Å². The minimum atomic E-state index is -0.286. The highest BCUT2D eigenvalue weighted by molar-refractivity contribution is 5.62. The van der Waals surface area contributed by atoms with Crippen molar-refractivity contribution in [1.29, 1.82) is 0 Å². The molecule has 3 rings (SSSR count). The van der Waals surface area contributed by atoms with E-state index < -0.39 is 0 Å². The van der Waals surface area contributed by atoms with Gasteiger partial charge in [0.25, 0.3) is 0 Å². The highest BCUT2D eigenvalue weighted by Gasteiger charge is 2.32. The summed E-state index contributed by atoms with van der Waals surface area (Å²) >= 11 is 0. The third-order valence-corrected chi connectivity index (χ3v) is 6.66. The van der Waals surface area contributed by atoms with E-state index in [0.29, 0.717) is 11.3 Å². The normalized spacial score (nSPS) is 26.4. The number of benzene rings is 1. The predicted octanol–water partition coefficient (Wildman–Crippen LogP) is 7.45. The topological polar surface area (TPSA) is 29.5 Å². The zero-order valence-electron chi connectivity index (χ0n) is 18.2. The molecule has 152 valence electrons. The van der Waals surface area contributed by atoms with Crippen molar-refractivity contribution in [3.05, 3.63) is 53.1 Å². The summed E-state index contributed by atoms with van der Waals surface area (Å²) in [6.07, 6.45) is 16.0. The molecule has 0 spiro atoms. The number of phenols is 1. The largest absolute Gasteiger partial charge is 0.508 e. The van der Waals surface area contributed by atoms with Gasteiger partial charge in [-0.15, -0.1) is 0 Å². The number of hydrogen-bond acceptors (Lipinski definition) is 2. The maximum Gasteiger partial charge on any atom is 0.128 e. The Balaban J connectivity index is 1.52. The molecule has 2 aliphatic rings. The van der Waals surface area contributed by atoms with Gasteiger partial charge in [0, 0.05) is 5.56 Å². The fraction of sp³-hybridized carbons (Fsp3) is 0.538. The second kappa shape index (κ2) is 8.19. The van der Waals surface area contributed by atoms with Crippen LogP contribution in [0.4, 0.5) is 0 Å². The van der Waals surface area contributed by atoms with Gasteiger partial charge in [0.2, 0.25) is 0 Å². The van der Waals surface area contributed by atoms with E-state index in [9.17, 15) is 5.11 Å². The lowest BCUT2D eigenvalue weighted by atomic mass is 9.67. The van der Waals surface area contributed by atoms with Crippen molar-refractivity contribution in [1.82, 2.24) is 0 Å². The molecule has 1 N–H and O–H groups in total. The van der Waals surface area contributed by atoms with Gasteiger partial charge in [-0.25, -0.2) is 0 Å². The van der Waals surface area contributed by atoms with E-state index in [4.69, 9.17) is 4.74 Å². The first-order valence-electron chi connectivity index (χ1n) is 10.7. The Bertz CT molecular complexity index is 797. The van der Waals surface area contributed by atoms with E-state index in [-0.39, 0.29) is 11.4 Å². The van der Waals surface area contributed by atoms with Crippen LogP contribution < -0.4 is 4.74 Å². The lowest BCUT2D eigenvalue weighted by Crippen LogP contribution is -2.31. The lowest BCUT2D eigenvalue weighted by molar-refractivity contribution is 0.128. The van der Waals surface area contributed by atoms with Gasteiger partial charge < -0.3 is 9.84 Å². The van der Waals surface area contributed by atoms with E-state index in [1.54, 1.807) is 17.7 Å². The number of fused-ring (bicyclic) bond motifs is 1. The smallest absolute Gasteiger partial charge is 0.128 e. The molecule has 28 heavy (non-hydrogen) atoms. The Morgan fingerprint density at radius 2 is 2.07 bits per heavy atom. The van der Waals surface area contributed by atoms with Gasteiger partial charge >= 0.3 is 0 Å². The highest BCUT2D eigenvalue weighted by Crippen LogP contribution is 2.43. The van der Waals surface area contributed by atoms with E-state index in [0.717, 1.165) is 24.2 Å². The van der Waals surface area contributed by atoms with Crippen molar-refractivity contribution in [2.45, 2.75) is 78.7 Å². The van der Waals surface area contributed by atoms with Crippen LogP contribution in [0.2, 0.25) is 0 Å². The van der Waals surface area contributed by atoms with Crippen LogP contribution in [0, 0.1) is 11.3 Å². The Labute approximate surface area is 171 Å². The predicted molar refractivity (Wildman–Crippen MR) is 119 cm³/mol. The van der Waals surface area contributed by atoms with Crippen LogP contribution in [0.3, 0.4) is 0 Å². The monoisotopic (exact) mass is 380 g/mol. The van der Waals surface area contributed by atoms with Crippen LogP contribution in [0.5, 0.6) is 11.5 Å². The molecule has 0 bridgehead atoms. The summed E-state index contributed by atoms with van der Waals surface area (Å²) in [4.78, 5) is 0. The van der Waals surface area contributed by atoms with E-state index in [1.807, 2.05) is 6.07 Å². The van der Waals surface area contributed by atoms with Crippen molar-refractivity contribution in [3.8, 4) is 11.5 Å². The SMILES string of the molecule is CC1=CCCC(C)(C)C1CC/C(C)=C/CC[C@@]1(C)C=Cc2cc(O)ccc2O1. The van der Waals surface area contributed by atoms with Crippen molar-refractivity contribution >= 4 is 6.08 Å². The Morgan fingerprint density at radius 1 is 1.29 bits per heavy atom. The average Bonchev–Trinajstić information content (AvgIpc) is 2.61. The second-order valence-corrected chi connectivity index (χ2v) is 9.63. The minimum Gasteiger partial charge on any atom is -0.508 e. The number of aromatic hydroxyl groups is 1. The molecule has 1 heterocycles. The van der Waals surface area contributed by atoms with Crippen LogP contribution in [0.25, 0.3) is 6.08 Å². The Kier molecular flexibility index (Phi) is 6.07. The summed E-state index contributed by atoms with van der Waals surface area (Å²) < 4.78 is 6.22. The van der Waals surface area contributed by atoms with Crippen molar-refractivity contribution in [2.24, 2.45) is 11.3 Å². The number of phenolic OH excluding ortho intramolecular Hbond substituents is 1. The number of hydrogen-bond donors (Lipinski definition) is 1. The lowest BCUT2D eigenvalue weighted by Gasteiger charge is -2.38. The third-order valence-electron chi connectivity index (χ3n) is 6.66. The molecule has 0 saturated carbocycles. The molecular weight excluding hydrogens is 344 g/mol.